The Morgan fingerprint density at radius 2 is 1.86 bits per heavy atom. The highest BCUT2D eigenvalue weighted by Gasteiger charge is 2.46. The zero-order chi connectivity index (χ0) is 14.8. The molecule has 0 amide bonds. The summed E-state index contributed by atoms with van der Waals surface area (Å²) in [5, 5.41) is 3.00. The van der Waals surface area contributed by atoms with E-state index in [0.29, 0.717) is 13.1 Å². The lowest BCUT2D eigenvalue weighted by atomic mass is 10.0. The summed E-state index contributed by atoms with van der Waals surface area (Å²) in [5.41, 5.74) is -0.179. The molecule has 1 saturated heterocycles. The van der Waals surface area contributed by atoms with Gasteiger partial charge < -0.3 is 10.1 Å². The summed E-state index contributed by atoms with van der Waals surface area (Å²) >= 11 is 0. The summed E-state index contributed by atoms with van der Waals surface area (Å²) in [7, 11) is 1.28. The number of methoxy groups -OCH3 is 1. The third-order valence-electron chi connectivity index (χ3n) is 3.31. The van der Waals surface area contributed by atoms with E-state index in [4.69, 9.17) is 4.74 Å². The van der Waals surface area contributed by atoms with E-state index in [1.165, 1.54) is 18.1 Å². The largest absolute Gasteiger partial charge is 0.496 e. The normalized spacial score (nSPS) is 18.0. The van der Waals surface area contributed by atoms with Gasteiger partial charge in [0.05, 0.1) is 7.11 Å². The predicted molar refractivity (Wildman–Crippen MR) is 73.4 cm³/mol. The van der Waals surface area contributed by atoms with Gasteiger partial charge in [-0.05, 0) is 18.2 Å². The van der Waals surface area contributed by atoms with Crippen LogP contribution in [0.1, 0.15) is 11.6 Å². The van der Waals surface area contributed by atoms with Crippen molar-refractivity contribution in [1.29, 1.82) is 0 Å². The van der Waals surface area contributed by atoms with Crippen molar-refractivity contribution in [3.8, 4) is 5.75 Å². The Bertz CT molecular complexity index is 464. The minimum Gasteiger partial charge on any atom is -0.496 e. The molecule has 120 valence electrons. The van der Waals surface area contributed by atoms with Gasteiger partial charge in [-0.1, -0.05) is 0 Å². The Balaban J connectivity index is 0.00000220. The molecule has 0 radical (unpaired) electrons. The van der Waals surface area contributed by atoms with Gasteiger partial charge in [0, 0.05) is 31.7 Å². The van der Waals surface area contributed by atoms with Gasteiger partial charge >= 0.3 is 6.18 Å². The van der Waals surface area contributed by atoms with Crippen LogP contribution < -0.4 is 10.1 Å². The molecule has 1 N–H and O–H groups in total. The number of hydrogen-bond donors (Lipinski definition) is 1. The summed E-state index contributed by atoms with van der Waals surface area (Å²) < 4.78 is 58.5. The Hall–Kier alpha value is -1.05. The van der Waals surface area contributed by atoms with Crippen molar-refractivity contribution in [2.24, 2.45) is 0 Å². The molecule has 1 aliphatic heterocycles. The van der Waals surface area contributed by atoms with Gasteiger partial charge in [-0.3, -0.25) is 4.90 Å². The van der Waals surface area contributed by atoms with Crippen LogP contribution in [-0.4, -0.2) is 44.4 Å². The lowest BCUT2D eigenvalue weighted by Crippen LogP contribution is -2.49. The van der Waals surface area contributed by atoms with Crippen LogP contribution in [0.5, 0.6) is 5.75 Å². The van der Waals surface area contributed by atoms with Crippen LogP contribution in [-0.2, 0) is 0 Å². The highest BCUT2D eigenvalue weighted by atomic mass is 35.5. The van der Waals surface area contributed by atoms with E-state index in [-0.39, 0.29) is 36.8 Å². The molecule has 1 heterocycles. The van der Waals surface area contributed by atoms with Gasteiger partial charge in [-0.2, -0.15) is 13.2 Å². The Morgan fingerprint density at radius 3 is 2.38 bits per heavy atom. The molecule has 1 aromatic rings. The van der Waals surface area contributed by atoms with E-state index < -0.39 is 18.0 Å². The first-order chi connectivity index (χ1) is 9.43. The molecule has 3 nitrogen and oxygen atoms in total. The Kier molecular flexibility index (Phi) is 6.24. The maximum absolute atomic E-state index is 13.4. The maximum atomic E-state index is 13.4. The van der Waals surface area contributed by atoms with E-state index in [1.807, 2.05) is 0 Å². The zero-order valence-corrected chi connectivity index (χ0v) is 12.2. The highest BCUT2D eigenvalue weighted by molar-refractivity contribution is 5.85. The molecule has 8 heteroatoms. The van der Waals surface area contributed by atoms with Gasteiger partial charge in [0.15, 0.2) is 0 Å². The first kappa shape index (κ1) is 18.0. The highest BCUT2D eigenvalue weighted by Crippen LogP contribution is 2.41. The number of ether oxygens (including phenoxy) is 1. The lowest BCUT2D eigenvalue weighted by Gasteiger charge is -2.36. The molecule has 0 unspecified atom stereocenters. The van der Waals surface area contributed by atoms with Gasteiger partial charge in [-0.15, -0.1) is 12.4 Å². The average molecular weight is 329 g/mol. The van der Waals surface area contributed by atoms with Crippen LogP contribution in [0.25, 0.3) is 0 Å². The van der Waals surface area contributed by atoms with E-state index >= 15 is 0 Å². The van der Waals surface area contributed by atoms with Gasteiger partial charge in [0.1, 0.15) is 17.6 Å². The molecule has 0 bridgehead atoms. The monoisotopic (exact) mass is 328 g/mol. The van der Waals surface area contributed by atoms with E-state index in [9.17, 15) is 17.6 Å². The van der Waals surface area contributed by atoms with Gasteiger partial charge in [-0.25, -0.2) is 4.39 Å². The van der Waals surface area contributed by atoms with Crippen LogP contribution in [0.3, 0.4) is 0 Å². The van der Waals surface area contributed by atoms with Gasteiger partial charge in [0.2, 0.25) is 0 Å². The number of rotatable bonds is 3. The fourth-order valence-electron chi connectivity index (χ4n) is 2.44. The van der Waals surface area contributed by atoms with E-state index in [2.05, 4.69) is 5.32 Å². The van der Waals surface area contributed by atoms with Gasteiger partial charge in [0.25, 0.3) is 0 Å². The summed E-state index contributed by atoms with van der Waals surface area (Å²) in [4.78, 5) is 1.30. The van der Waals surface area contributed by atoms with Crippen molar-refractivity contribution < 1.29 is 22.3 Å². The third kappa shape index (κ3) is 4.21. The molecule has 1 fully saturated rings. The number of hydrogen-bond acceptors (Lipinski definition) is 3. The second kappa shape index (κ2) is 7.29. The number of nitrogens with one attached hydrogen (secondary N) is 1. The minimum absolute atomic E-state index is 0. The summed E-state index contributed by atoms with van der Waals surface area (Å²) in [6.07, 6.45) is -4.49. The summed E-state index contributed by atoms with van der Waals surface area (Å²) in [5.74, 6) is -0.655. The van der Waals surface area contributed by atoms with Crippen molar-refractivity contribution in [3.63, 3.8) is 0 Å². The number of piperazine rings is 1. The van der Waals surface area contributed by atoms with E-state index in [0.717, 1.165) is 12.1 Å². The second-order valence-electron chi connectivity index (χ2n) is 4.62. The molecule has 1 atom stereocenters. The molecular formula is C13H17ClF4N2O. The topological polar surface area (TPSA) is 24.5 Å². The number of benzene rings is 1. The molecule has 0 spiro atoms. The minimum atomic E-state index is -4.49. The molecule has 2 rings (SSSR count). The fourth-order valence-corrected chi connectivity index (χ4v) is 2.44. The number of alkyl halides is 3. The molecular weight excluding hydrogens is 312 g/mol. The molecule has 1 aromatic carbocycles. The second-order valence-corrected chi connectivity index (χ2v) is 4.62. The first-order valence-corrected chi connectivity index (χ1v) is 6.28. The number of halogens is 5. The molecule has 21 heavy (non-hydrogen) atoms. The number of nitrogens with zero attached hydrogens (tertiary/aromatic N) is 1. The van der Waals surface area contributed by atoms with Crippen molar-refractivity contribution in [3.05, 3.63) is 29.6 Å². The van der Waals surface area contributed by atoms with Crippen LogP contribution >= 0.6 is 12.4 Å². The standard InChI is InChI=1S/C13H16F4N2O.ClH/c1-20-11-3-2-9(14)8-10(11)12(13(15,16)17)19-6-4-18-5-7-19;/h2-3,8,12,18H,4-7H2,1H3;1H/t12-;/m0./s1. The lowest BCUT2D eigenvalue weighted by molar-refractivity contribution is -0.188. The van der Waals surface area contributed by atoms with Crippen molar-refractivity contribution in [2.75, 3.05) is 33.3 Å². The van der Waals surface area contributed by atoms with Crippen molar-refractivity contribution >= 4 is 12.4 Å². The fraction of sp³-hybridized carbons (Fsp3) is 0.538. The Labute approximate surface area is 126 Å². The first-order valence-electron chi connectivity index (χ1n) is 6.28. The summed E-state index contributed by atoms with van der Waals surface area (Å²) in [6, 6.07) is 1.37. The smallest absolute Gasteiger partial charge is 0.408 e. The van der Waals surface area contributed by atoms with Crippen LogP contribution in [0.4, 0.5) is 17.6 Å². The van der Waals surface area contributed by atoms with Crippen molar-refractivity contribution in [1.82, 2.24) is 10.2 Å². The molecule has 1 aliphatic rings. The quantitative estimate of drug-likeness (QED) is 0.864. The van der Waals surface area contributed by atoms with Crippen LogP contribution in [0.2, 0.25) is 0 Å². The van der Waals surface area contributed by atoms with E-state index in [1.54, 1.807) is 0 Å². The molecule has 0 saturated carbocycles. The Morgan fingerprint density at radius 1 is 1.24 bits per heavy atom. The third-order valence-corrected chi connectivity index (χ3v) is 3.31. The SMILES string of the molecule is COc1ccc(F)cc1[C@H](N1CCNCC1)C(F)(F)F.Cl. The van der Waals surface area contributed by atoms with Crippen LogP contribution in [0.15, 0.2) is 18.2 Å². The molecule has 0 aromatic heterocycles. The maximum Gasteiger partial charge on any atom is 0.408 e. The van der Waals surface area contributed by atoms with Crippen molar-refractivity contribution in [2.45, 2.75) is 12.2 Å². The zero-order valence-electron chi connectivity index (χ0n) is 11.4. The predicted octanol–water partition coefficient (Wildman–Crippen LogP) is 2.76. The average Bonchev–Trinajstić information content (AvgIpc) is 2.39. The molecule has 0 aliphatic carbocycles. The van der Waals surface area contributed by atoms with Crippen LogP contribution in [0, 0.1) is 5.82 Å². The summed E-state index contributed by atoms with van der Waals surface area (Å²) in [6.45, 7) is 1.46.